The predicted molar refractivity (Wildman–Crippen MR) is 90.5 cm³/mol. The molecule has 0 bridgehead atoms. The van der Waals surface area contributed by atoms with Crippen LogP contribution in [0.2, 0.25) is 0 Å². The predicted octanol–water partition coefficient (Wildman–Crippen LogP) is 3.71. The molecular formula is C19H35NO2. The molecule has 0 aromatic carbocycles. The van der Waals surface area contributed by atoms with Gasteiger partial charge in [0.2, 0.25) is 5.91 Å². The molecule has 1 atom stereocenters. The van der Waals surface area contributed by atoms with Crippen LogP contribution in [0.5, 0.6) is 0 Å². The smallest absolute Gasteiger partial charge is 0.225 e. The van der Waals surface area contributed by atoms with Crippen molar-refractivity contribution in [1.29, 1.82) is 0 Å². The van der Waals surface area contributed by atoms with Crippen LogP contribution in [0, 0.1) is 28.6 Å². The van der Waals surface area contributed by atoms with Crippen molar-refractivity contribution < 1.29 is 9.90 Å². The van der Waals surface area contributed by atoms with Crippen molar-refractivity contribution in [2.24, 2.45) is 28.6 Å². The van der Waals surface area contributed by atoms with Crippen molar-refractivity contribution in [2.75, 3.05) is 19.7 Å². The monoisotopic (exact) mass is 309 g/mol. The van der Waals surface area contributed by atoms with E-state index in [-0.39, 0.29) is 23.4 Å². The SMILES string of the molecule is CC(CO)C1CCN(C(=O)C2CC(C)(C)CC(C)(C)C2)CC1. The van der Waals surface area contributed by atoms with E-state index in [1.54, 1.807) is 0 Å². The Morgan fingerprint density at radius 1 is 1.14 bits per heavy atom. The summed E-state index contributed by atoms with van der Waals surface area (Å²) in [6.45, 7) is 13.4. The quantitative estimate of drug-likeness (QED) is 0.863. The summed E-state index contributed by atoms with van der Waals surface area (Å²) in [5.74, 6) is 1.53. The molecule has 1 aliphatic heterocycles. The summed E-state index contributed by atoms with van der Waals surface area (Å²) in [6, 6.07) is 0. The number of aliphatic hydroxyl groups is 1. The van der Waals surface area contributed by atoms with E-state index >= 15 is 0 Å². The highest BCUT2D eigenvalue weighted by Crippen LogP contribution is 2.48. The fourth-order valence-electron chi connectivity index (χ4n) is 5.12. The van der Waals surface area contributed by atoms with Crippen molar-refractivity contribution >= 4 is 5.91 Å². The van der Waals surface area contributed by atoms with Crippen LogP contribution in [-0.4, -0.2) is 35.6 Å². The lowest BCUT2D eigenvalue weighted by Gasteiger charge is -2.46. The van der Waals surface area contributed by atoms with E-state index in [2.05, 4.69) is 39.5 Å². The Hall–Kier alpha value is -0.570. The fraction of sp³-hybridized carbons (Fsp3) is 0.947. The molecule has 1 saturated carbocycles. The van der Waals surface area contributed by atoms with E-state index < -0.39 is 0 Å². The number of hydrogen-bond acceptors (Lipinski definition) is 2. The highest BCUT2D eigenvalue weighted by Gasteiger charge is 2.42. The van der Waals surface area contributed by atoms with Gasteiger partial charge in [0.05, 0.1) is 0 Å². The van der Waals surface area contributed by atoms with E-state index in [1.165, 1.54) is 6.42 Å². The molecule has 1 N–H and O–H groups in total. The Labute approximate surface area is 136 Å². The summed E-state index contributed by atoms with van der Waals surface area (Å²) in [4.78, 5) is 15.1. The maximum Gasteiger partial charge on any atom is 0.225 e. The molecule has 2 fully saturated rings. The second kappa shape index (κ2) is 6.51. The summed E-state index contributed by atoms with van der Waals surface area (Å²) in [5, 5.41) is 9.30. The Kier molecular flexibility index (Phi) is 5.26. The molecule has 22 heavy (non-hydrogen) atoms. The molecular weight excluding hydrogens is 274 g/mol. The Morgan fingerprint density at radius 2 is 1.64 bits per heavy atom. The number of hydrogen-bond donors (Lipinski definition) is 1. The summed E-state index contributed by atoms with van der Waals surface area (Å²) in [6.07, 6.45) is 5.37. The molecule has 2 aliphatic rings. The van der Waals surface area contributed by atoms with Crippen LogP contribution in [0.4, 0.5) is 0 Å². The third-order valence-corrected chi connectivity index (χ3v) is 5.85. The lowest BCUT2D eigenvalue weighted by atomic mass is 9.61. The Bertz CT molecular complexity index is 378. The van der Waals surface area contributed by atoms with Gasteiger partial charge >= 0.3 is 0 Å². The third-order valence-electron chi connectivity index (χ3n) is 5.85. The first kappa shape index (κ1) is 17.8. The molecule has 1 aliphatic carbocycles. The number of piperidine rings is 1. The number of rotatable bonds is 3. The summed E-state index contributed by atoms with van der Waals surface area (Å²) in [7, 11) is 0. The summed E-state index contributed by atoms with van der Waals surface area (Å²) in [5.41, 5.74) is 0.539. The minimum atomic E-state index is 0.200. The van der Waals surface area contributed by atoms with Crippen molar-refractivity contribution in [1.82, 2.24) is 4.90 Å². The number of carbonyl (C=O) groups excluding carboxylic acids is 1. The normalized spacial score (nSPS) is 27.6. The highest BCUT2D eigenvalue weighted by molar-refractivity contribution is 5.79. The number of likely N-dealkylation sites (tertiary alicyclic amines) is 1. The van der Waals surface area contributed by atoms with Gasteiger partial charge in [-0.2, -0.15) is 0 Å². The van der Waals surface area contributed by atoms with Crippen molar-refractivity contribution in [3.05, 3.63) is 0 Å². The van der Waals surface area contributed by atoms with E-state index in [0.29, 0.717) is 17.7 Å². The molecule has 1 unspecified atom stereocenters. The lowest BCUT2D eigenvalue weighted by molar-refractivity contribution is -0.141. The van der Waals surface area contributed by atoms with Gasteiger partial charge in [0, 0.05) is 25.6 Å². The number of nitrogens with zero attached hydrogens (tertiary/aromatic N) is 1. The number of aliphatic hydroxyl groups excluding tert-OH is 1. The second-order valence-corrected chi connectivity index (χ2v) is 9.43. The van der Waals surface area contributed by atoms with Crippen LogP contribution >= 0.6 is 0 Å². The van der Waals surface area contributed by atoms with E-state index in [0.717, 1.165) is 38.8 Å². The number of amides is 1. The van der Waals surface area contributed by atoms with Crippen LogP contribution in [0.3, 0.4) is 0 Å². The van der Waals surface area contributed by atoms with Gasteiger partial charge in [-0.15, -0.1) is 0 Å². The molecule has 1 heterocycles. The van der Waals surface area contributed by atoms with Crippen molar-refractivity contribution in [2.45, 2.75) is 66.7 Å². The zero-order valence-corrected chi connectivity index (χ0v) is 15.2. The maximum absolute atomic E-state index is 13.0. The number of carbonyl (C=O) groups is 1. The zero-order chi connectivity index (χ0) is 16.5. The third kappa shape index (κ3) is 4.24. The first-order chi connectivity index (χ1) is 10.1. The fourth-order valence-corrected chi connectivity index (χ4v) is 5.12. The maximum atomic E-state index is 13.0. The molecule has 0 radical (unpaired) electrons. The molecule has 0 spiro atoms. The van der Waals surface area contributed by atoms with E-state index in [1.807, 2.05) is 0 Å². The molecule has 1 amide bonds. The van der Waals surface area contributed by atoms with Crippen molar-refractivity contribution in [3.8, 4) is 0 Å². The van der Waals surface area contributed by atoms with E-state index in [9.17, 15) is 9.90 Å². The lowest BCUT2D eigenvalue weighted by Crippen LogP contribution is -2.46. The standard InChI is InChI=1S/C19H35NO2/c1-14(12-21)15-6-8-20(9-7-15)17(22)16-10-18(2,3)13-19(4,5)11-16/h14-16,21H,6-13H2,1-5H3. The van der Waals surface area contributed by atoms with Gasteiger partial charge in [-0.1, -0.05) is 34.6 Å². The van der Waals surface area contributed by atoms with Crippen LogP contribution in [0.1, 0.15) is 66.7 Å². The minimum Gasteiger partial charge on any atom is -0.396 e. The highest BCUT2D eigenvalue weighted by atomic mass is 16.3. The van der Waals surface area contributed by atoms with Crippen LogP contribution in [0.25, 0.3) is 0 Å². The molecule has 3 heteroatoms. The summed E-state index contributed by atoms with van der Waals surface area (Å²) >= 11 is 0. The van der Waals surface area contributed by atoms with Gasteiger partial charge in [0.15, 0.2) is 0 Å². The topological polar surface area (TPSA) is 40.5 Å². The van der Waals surface area contributed by atoms with Crippen molar-refractivity contribution in [3.63, 3.8) is 0 Å². The minimum absolute atomic E-state index is 0.200. The van der Waals surface area contributed by atoms with Gasteiger partial charge in [-0.25, -0.2) is 0 Å². The first-order valence-electron chi connectivity index (χ1n) is 9.03. The van der Waals surface area contributed by atoms with Gasteiger partial charge in [-0.05, 0) is 54.8 Å². The molecule has 2 rings (SSSR count). The van der Waals surface area contributed by atoms with Crippen LogP contribution < -0.4 is 0 Å². The molecule has 0 aromatic heterocycles. The molecule has 3 nitrogen and oxygen atoms in total. The molecule has 1 saturated heterocycles. The van der Waals surface area contributed by atoms with Gasteiger partial charge in [0.1, 0.15) is 0 Å². The van der Waals surface area contributed by atoms with Crippen LogP contribution in [0.15, 0.2) is 0 Å². The zero-order valence-electron chi connectivity index (χ0n) is 15.2. The largest absolute Gasteiger partial charge is 0.396 e. The van der Waals surface area contributed by atoms with E-state index in [4.69, 9.17) is 0 Å². The van der Waals surface area contributed by atoms with Gasteiger partial charge in [-0.3, -0.25) is 4.79 Å². The Balaban J connectivity index is 1.95. The average Bonchev–Trinajstić information content (AvgIpc) is 2.42. The second-order valence-electron chi connectivity index (χ2n) is 9.43. The van der Waals surface area contributed by atoms with Gasteiger partial charge < -0.3 is 10.0 Å². The first-order valence-corrected chi connectivity index (χ1v) is 9.03. The Morgan fingerprint density at radius 3 is 2.09 bits per heavy atom. The average molecular weight is 309 g/mol. The van der Waals surface area contributed by atoms with Crippen LogP contribution in [-0.2, 0) is 4.79 Å². The van der Waals surface area contributed by atoms with Gasteiger partial charge in [0.25, 0.3) is 0 Å². The molecule has 0 aromatic rings. The molecule has 128 valence electrons. The summed E-state index contributed by atoms with van der Waals surface area (Å²) < 4.78 is 0.